The average Bonchev–Trinajstić information content (AvgIpc) is 3.09. The Morgan fingerprint density at radius 2 is 1.73 bits per heavy atom. The van der Waals surface area contributed by atoms with E-state index in [1.54, 1.807) is 19.1 Å². The van der Waals surface area contributed by atoms with Gasteiger partial charge in [-0.3, -0.25) is 8.98 Å². The summed E-state index contributed by atoms with van der Waals surface area (Å²) in [5.74, 6) is -3.77. The minimum Gasteiger partial charge on any atom is -0.323 e. The zero-order chi connectivity index (χ0) is 24.3. The van der Waals surface area contributed by atoms with Gasteiger partial charge in [0.2, 0.25) is 0 Å². The number of aromatic nitrogens is 2. The summed E-state index contributed by atoms with van der Waals surface area (Å²) in [5, 5.41) is 2.21. The molecule has 0 aliphatic rings. The summed E-state index contributed by atoms with van der Waals surface area (Å²) in [7, 11) is -4.26. The van der Waals surface area contributed by atoms with Gasteiger partial charge in [-0.25, -0.2) is 22.5 Å². The van der Waals surface area contributed by atoms with Gasteiger partial charge < -0.3 is 9.88 Å². The smallest absolute Gasteiger partial charge is 0.297 e. The van der Waals surface area contributed by atoms with E-state index in [0.717, 1.165) is 28.5 Å². The molecule has 3 aromatic rings. The van der Waals surface area contributed by atoms with Crippen LogP contribution in [0.3, 0.4) is 0 Å². The Bertz CT molecular complexity index is 1240. The highest BCUT2D eigenvalue weighted by molar-refractivity contribution is 7.86. The third-order valence-electron chi connectivity index (χ3n) is 4.48. The lowest BCUT2D eigenvalue weighted by molar-refractivity contribution is -0.121. The number of halogens is 4. The average molecular weight is 485 g/mol. The molecule has 3 rings (SSSR count). The van der Waals surface area contributed by atoms with E-state index in [1.165, 1.54) is 19.1 Å². The second kappa shape index (κ2) is 9.71. The molecule has 1 aromatic heterocycles. The van der Waals surface area contributed by atoms with Crippen LogP contribution in [0.1, 0.15) is 30.3 Å². The summed E-state index contributed by atoms with van der Waals surface area (Å²) in [6, 6.07) is 8.35. The van der Waals surface area contributed by atoms with Crippen LogP contribution in [0.2, 0.25) is 0 Å². The van der Waals surface area contributed by atoms with E-state index in [1.807, 2.05) is 0 Å². The maximum absolute atomic E-state index is 13.4. The summed E-state index contributed by atoms with van der Waals surface area (Å²) in [6.45, 7) is 2.59. The zero-order valence-corrected chi connectivity index (χ0v) is 18.2. The van der Waals surface area contributed by atoms with Crippen molar-refractivity contribution in [3.63, 3.8) is 0 Å². The second-order valence-corrected chi connectivity index (χ2v) is 8.76. The topological polar surface area (TPSA) is 90.3 Å². The molecule has 33 heavy (non-hydrogen) atoms. The lowest BCUT2D eigenvalue weighted by Crippen LogP contribution is -2.30. The van der Waals surface area contributed by atoms with Gasteiger partial charge in [-0.1, -0.05) is 17.7 Å². The molecular formula is C21H19F4N3O4S. The highest BCUT2D eigenvalue weighted by atomic mass is 32.2. The number of nitrogens with one attached hydrogen (secondary N) is 1. The van der Waals surface area contributed by atoms with Crippen LogP contribution in [0.25, 0.3) is 0 Å². The van der Waals surface area contributed by atoms with Crippen molar-refractivity contribution in [2.75, 3.05) is 5.32 Å². The van der Waals surface area contributed by atoms with Gasteiger partial charge >= 0.3 is 0 Å². The fourth-order valence-electron chi connectivity index (χ4n) is 2.91. The number of imidazole rings is 1. The minimum absolute atomic E-state index is 0.0607. The van der Waals surface area contributed by atoms with Crippen LogP contribution in [-0.2, 0) is 25.6 Å². The zero-order valence-electron chi connectivity index (χ0n) is 17.4. The van der Waals surface area contributed by atoms with Gasteiger partial charge in [0.1, 0.15) is 11.6 Å². The maximum atomic E-state index is 13.4. The fraction of sp³-hybridized carbons (Fsp3) is 0.238. The Labute approximate surface area is 187 Å². The highest BCUT2D eigenvalue weighted by Crippen LogP contribution is 2.23. The van der Waals surface area contributed by atoms with E-state index in [2.05, 4.69) is 10.3 Å². The molecule has 176 valence electrons. The Morgan fingerprint density at radius 3 is 2.30 bits per heavy atom. The predicted molar refractivity (Wildman–Crippen MR) is 110 cm³/mol. The first-order chi connectivity index (χ1) is 15.4. The summed E-state index contributed by atoms with van der Waals surface area (Å²) in [4.78, 5) is 15.8. The first-order valence-electron chi connectivity index (χ1n) is 9.55. The molecule has 0 fully saturated rings. The lowest BCUT2D eigenvalue weighted by Gasteiger charge is -2.12. The number of aryl methyl sites for hydroxylation is 1. The Morgan fingerprint density at radius 1 is 1.12 bits per heavy atom. The first kappa shape index (κ1) is 24.4. The number of alkyl halides is 2. The number of carbonyl (C=O) groups excluding carboxylic acids is 1. The molecule has 0 spiro atoms. The molecule has 1 unspecified atom stereocenters. The van der Waals surface area contributed by atoms with Gasteiger partial charge in [0.25, 0.3) is 22.5 Å². The highest BCUT2D eigenvalue weighted by Gasteiger charge is 2.25. The van der Waals surface area contributed by atoms with E-state index in [4.69, 9.17) is 4.18 Å². The SMILES string of the molecule is Cc1ccc(S(=O)(=O)OC(C)C(=O)Nc2cn(Cc3cc(F)cc(F)c3)c(C(F)F)n2)cc1. The number of nitrogens with zero attached hydrogens (tertiary/aromatic N) is 2. The van der Waals surface area contributed by atoms with Crippen LogP contribution >= 0.6 is 0 Å². The lowest BCUT2D eigenvalue weighted by atomic mass is 10.2. The van der Waals surface area contributed by atoms with Gasteiger partial charge in [0.15, 0.2) is 17.7 Å². The fourth-order valence-corrected chi connectivity index (χ4v) is 3.96. The molecule has 0 aliphatic carbocycles. The molecule has 0 saturated heterocycles. The molecule has 0 saturated carbocycles. The number of hydrogen-bond acceptors (Lipinski definition) is 5. The van der Waals surface area contributed by atoms with Crippen LogP contribution in [-0.4, -0.2) is 30.0 Å². The largest absolute Gasteiger partial charge is 0.323 e. The summed E-state index contributed by atoms with van der Waals surface area (Å²) >= 11 is 0. The number of rotatable bonds is 8. The van der Waals surface area contributed by atoms with E-state index in [-0.39, 0.29) is 22.8 Å². The van der Waals surface area contributed by atoms with Crippen LogP contribution in [0.15, 0.2) is 53.6 Å². The van der Waals surface area contributed by atoms with Crippen molar-refractivity contribution in [1.82, 2.24) is 9.55 Å². The molecule has 0 radical (unpaired) electrons. The molecule has 1 N–H and O–H groups in total. The Hall–Kier alpha value is -3.25. The van der Waals surface area contributed by atoms with Crippen molar-refractivity contribution < 1.29 is 35.0 Å². The summed E-state index contributed by atoms with van der Waals surface area (Å²) < 4.78 is 84.1. The van der Waals surface area contributed by atoms with Gasteiger partial charge in [-0.2, -0.15) is 8.42 Å². The number of carbonyl (C=O) groups is 1. The van der Waals surface area contributed by atoms with Crippen molar-refractivity contribution in [3.05, 3.63) is 77.2 Å². The van der Waals surface area contributed by atoms with E-state index < -0.39 is 46.0 Å². The Kier molecular flexibility index (Phi) is 7.18. The maximum Gasteiger partial charge on any atom is 0.297 e. The standard InChI is InChI=1S/C21H19F4N3O4S/c1-12-3-5-17(6-4-12)33(30,31)32-13(2)21(29)27-18-11-28(20(26-18)19(24)25)10-14-7-15(22)9-16(23)8-14/h3-9,11,13,19H,10H2,1-2H3,(H,27,29). The van der Waals surface area contributed by atoms with Crippen LogP contribution in [0, 0.1) is 18.6 Å². The van der Waals surface area contributed by atoms with Gasteiger partial charge in [-0.05, 0) is 43.7 Å². The van der Waals surface area contributed by atoms with E-state index in [0.29, 0.717) is 6.07 Å². The Balaban J connectivity index is 1.74. The quantitative estimate of drug-likeness (QED) is 0.382. The number of amides is 1. The molecular weight excluding hydrogens is 466 g/mol. The summed E-state index contributed by atoms with van der Waals surface area (Å²) in [5.41, 5.74) is 0.886. The van der Waals surface area contributed by atoms with Crippen LogP contribution in [0.5, 0.6) is 0 Å². The molecule has 7 nitrogen and oxygen atoms in total. The molecule has 12 heteroatoms. The van der Waals surface area contributed by atoms with E-state index >= 15 is 0 Å². The van der Waals surface area contributed by atoms with Crippen molar-refractivity contribution in [2.24, 2.45) is 0 Å². The molecule has 1 heterocycles. The number of hydrogen-bond donors (Lipinski definition) is 1. The second-order valence-electron chi connectivity index (χ2n) is 7.19. The normalized spacial score (nSPS) is 12.7. The number of anilines is 1. The minimum atomic E-state index is -4.26. The molecule has 0 aliphatic heterocycles. The molecule has 1 amide bonds. The van der Waals surface area contributed by atoms with Crippen molar-refractivity contribution in [1.29, 1.82) is 0 Å². The van der Waals surface area contributed by atoms with E-state index in [9.17, 15) is 30.8 Å². The molecule has 1 atom stereocenters. The predicted octanol–water partition coefficient (Wildman–Crippen LogP) is 4.19. The molecule has 0 bridgehead atoms. The van der Waals surface area contributed by atoms with Gasteiger partial charge in [0.05, 0.1) is 4.90 Å². The van der Waals surface area contributed by atoms with Crippen LogP contribution in [0.4, 0.5) is 23.4 Å². The number of benzene rings is 2. The van der Waals surface area contributed by atoms with Crippen molar-refractivity contribution in [3.8, 4) is 0 Å². The third kappa shape index (κ3) is 6.17. The van der Waals surface area contributed by atoms with Crippen LogP contribution < -0.4 is 5.32 Å². The monoisotopic (exact) mass is 485 g/mol. The summed E-state index contributed by atoms with van der Waals surface area (Å²) in [6.07, 6.45) is -3.51. The van der Waals surface area contributed by atoms with Gasteiger partial charge in [0, 0.05) is 18.8 Å². The van der Waals surface area contributed by atoms with Crippen molar-refractivity contribution in [2.45, 2.75) is 37.8 Å². The first-order valence-corrected chi connectivity index (χ1v) is 11.0. The third-order valence-corrected chi connectivity index (χ3v) is 5.87. The van der Waals surface area contributed by atoms with Crippen molar-refractivity contribution >= 4 is 21.8 Å². The molecule has 2 aromatic carbocycles. The van der Waals surface area contributed by atoms with Gasteiger partial charge in [-0.15, -0.1) is 0 Å².